The Bertz CT molecular complexity index is 270. The molecule has 0 saturated heterocycles. The first-order valence-corrected chi connectivity index (χ1v) is 6.51. The van der Waals surface area contributed by atoms with Crippen molar-refractivity contribution >= 4 is 11.9 Å². The van der Waals surface area contributed by atoms with E-state index < -0.39 is 11.9 Å². The lowest BCUT2D eigenvalue weighted by Crippen LogP contribution is -2.34. The molecule has 1 atom stereocenters. The second-order valence-corrected chi connectivity index (χ2v) is 5.27. The van der Waals surface area contributed by atoms with Crippen LogP contribution in [0.4, 0.5) is 0 Å². The highest BCUT2D eigenvalue weighted by Gasteiger charge is 2.21. The van der Waals surface area contributed by atoms with Crippen LogP contribution in [0.1, 0.15) is 46.0 Å². The van der Waals surface area contributed by atoms with E-state index in [4.69, 9.17) is 5.11 Å². The van der Waals surface area contributed by atoms with Gasteiger partial charge in [-0.25, -0.2) is 0 Å². The number of carboxylic acid groups (broad SMARTS) is 1. The number of carboxylic acids is 1. The summed E-state index contributed by atoms with van der Waals surface area (Å²) in [4.78, 5) is 22.0. The van der Waals surface area contributed by atoms with Crippen molar-refractivity contribution in [2.45, 2.75) is 46.0 Å². The zero-order valence-corrected chi connectivity index (χ0v) is 10.7. The SMILES string of the molecule is CC1CCC(CCNC(=O)C(C)C(=O)O)CC1. The molecular formula is C13H23NO3. The van der Waals surface area contributed by atoms with Gasteiger partial charge in [-0.3, -0.25) is 9.59 Å². The predicted octanol–water partition coefficient (Wildman–Crippen LogP) is 2.04. The van der Waals surface area contributed by atoms with Crippen LogP contribution in [0.5, 0.6) is 0 Å². The van der Waals surface area contributed by atoms with Gasteiger partial charge < -0.3 is 10.4 Å². The Hall–Kier alpha value is -1.06. The highest BCUT2D eigenvalue weighted by molar-refractivity contribution is 5.96. The van der Waals surface area contributed by atoms with Gasteiger partial charge in [0, 0.05) is 6.54 Å². The van der Waals surface area contributed by atoms with Crippen molar-refractivity contribution in [3.05, 3.63) is 0 Å². The van der Waals surface area contributed by atoms with Crippen molar-refractivity contribution in [2.75, 3.05) is 6.54 Å². The Morgan fingerprint density at radius 1 is 1.29 bits per heavy atom. The molecule has 0 radical (unpaired) electrons. The van der Waals surface area contributed by atoms with Crippen LogP contribution in [-0.4, -0.2) is 23.5 Å². The molecule has 0 heterocycles. The van der Waals surface area contributed by atoms with Crippen molar-refractivity contribution in [1.29, 1.82) is 0 Å². The van der Waals surface area contributed by atoms with E-state index in [2.05, 4.69) is 12.2 Å². The summed E-state index contributed by atoms with van der Waals surface area (Å²) in [5.41, 5.74) is 0. The largest absolute Gasteiger partial charge is 0.481 e. The van der Waals surface area contributed by atoms with E-state index in [1.807, 2.05) is 0 Å². The Morgan fingerprint density at radius 3 is 2.41 bits per heavy atom. The quantitative estimate of drug-likeness (QED) is 0.724. The molecule has 4 nitrogen and oxygen atoms in total. The first-order chi connectivity index (χ1) is 8.00. The number of carbonyl (C=O) groups is 2. The van der Waals surface area contributed by atoms with Crippen molar-refractivity contribution in [2.24, 2.45) is 17.8 Å². The lowest BCUT2D eigenvalue weighted by atomic mass is 9.81. The fourth-order valence-electron chi connectivity index (χ4n) is 2.28. The molecule has 0 spiro atoms. The summed E-state index contributed by atoms with van der Waals surface area (Å²) in [6.07, 6.45) is 6.02. The lowest BCUT2D eigenvalue weighted by molar-refractivity contribution is -0.146. The van der Waals surface area contributed by atoms with Crippen LogP contribution in [0.3, 0.4) is 0 Å². The molecule has 1 unspecified atom stereocenters. The first kappa shape index (κ1) is 14.0. The van der Waals surface area contributed by atoms with Gasteiger partial charge in [-0.15, -0.1) is 0 Å². The number of rotatable bonds is 5. The van der Waals surface area contributed by atoms with E-state index >= 15 is 0 Å². The smallest absolute Gasteiger partial charge is 0.315 e. The second-order valence-electron chi connectivity index (χ2n) is 5.27. The predicted molar refractivity (Wildman–Crippen MR) is 65.5 cm³/mol. The van der Waals surface area contributed by atoms with Crippen LogP contribution >= 0.6 is 0 Å². The highest BCUT2D eigenvalue weighted by Crippen LogP contribution is 2.29. The molecule has 0 aromatic heterocycles. The summed E-state index contributed by atoms with van der Waals surface area (Å²) in [7, 11) is 0. The second kappa shape index (κ2) is 6.62. The van der Waals surface area contributed by atoms with Gasteiger partial charge in [0.05, 0.1) is 0 Å². The zero-order valence-electron chi connectivity index (χ0n) is 10.7. The lowest BCUT2D eigenvalue weighted by Gasteiger charge is -2.26. The average Bonchev–Trinajstić information content (AvgIpc) is 2.30. The Balaban J connectivity index is 2.15. The van der Waals surface area contributed by atoms with E-state index in [1.54, 1.807) is 0 Å². The summed E-state index contributed by atoms with van der Waals surface area (Å²) < 4.78 is 0. The molecule has 17 heavy (non-hydrogen) atoms. The van der Waals surface area contributed by atoms with Crippen LogP contribution in [0.2, 0.25) is 0 Å². The molecule has 1 rings (SSSR count). The number of nitrogens with one attached hydrogen (secondary N) is 1. The number of amides is 1. The van der Waals surface area contributed by atoms with Gasteiger partial charge in [0.15, 0.2) is 0 Å². The van der Waals surface area contributed by atoms with Crippen molar-refractivity contribution < 1.29 is 14.7 Å². The molecular weight excluding hydrogens is 218 g/mol. The third kappa shape index (κ3) is 4.75. The van der Waals surface area contributed by atoms with Crippen molar-refractivity contribution in [3.63, 3.8) is 0 Å². The van der Waals surface area contributed by atoms with E-state index in [-0.39, 0.29) is 5.91 Å². The minimum Gasteiger partial charge on any atom is -0.481 e. The summed E-state index contributed by atoms with van der Waals surface area (Å²) in [6, 6.07) is 0. The van der Waals surface area contributed by atoms with E-state index in [1.165, 1.54) is 32.6 Å². The van der Waals surface area contributed by atoms with Crippen molar-refractivity contribution in [1.82, 2.24) is 5.32 Å². The molecule has 4 heteroatoms. The van der Waals surface area contributed by atoms with Gasteiger partial charge in [-0.1, -0.05) is 32.6 Å². The van der Waals surface area contributed by atoms with E-state index in [0.717, 1.165) is 12.3 Å². The number of aliphatic carboxylic acids is 1. The highest BCUT2D eigenvalue weighted by atomic mass is 16.4. The molecule has 0 bridgehead atoms. The third-order valence-corrected chi connectivity index (χ3v) is 3.75. The summed E-state index contributed by atoms with van der Waals surface area (Å²) >= 11 is 0. The van der Waals surface area contributed by atoms with Gasteiger partial charge in [0.1, 0.15) is 5.92 Å². The van der Waals surface area contributed by atoms with Crippen LogP contribution in [0, 0.1) is 17.8 Å². The molecule has 1 saturated carbocycles. The molecule has 1 aliphatic carbocycles. The summed E-state index contributed by atoms with van der Waals surface area (Å²) in [6.45, 7) is 4.31. The van der Waals surface area contributed by atoms with Crippen molar-refractivity contribution in [3.8, 4) is 0 Å². The molecule has 1 fully saturated rings. The normalized spacial score (nSPS) is 26.2. The molecule has 2 N–H and O–H groups in total. The van der Waals surface area contributed by atoms with Gasteiger partial charge in [0.2, 0.25) is 5.91 Å². The minimum absolute atomic E-state index is 0.373. The van der Waals surface area contributed by atoms with E-state index in [9.17, 15) is 9.59 Å². The Labute approximate surface area is 103 Å². The number of carbonyl (C=O) groups excluding carboxylic acids is 1. The van der Waals surface area contributed by atoms with E-state index in [0.29, 0.717) is 12.5 Å². The maximum absolute atomic E-state index is 11.4. The molecule has 0 aliphatic heterocycles. The van der Waals surface area contributed by atoms with Gasteiger partial charge >= 0.3 is 5.97 Å². The molecule has 1 aliphatic rings. The number of hydrogen-bond donors (Lipinski definition) is 2. The Morgan fingerprint density at radius 2 is 1.88 bits per heavy atom. The molecule has 0 aromatic rings. The van der Waals surface area contributed by atoms with Gasteiger partial charge in [-0.2, -0.15) is 0 Å². The number of hydrogen-bond acceptors (Lipinski definition) is 2. The topological polar surface area (TPSA) is 66.4 Å². The third-order valence-electron chi connectivity index (χ3n) is 3.75. The maximum atomic E-state index is 11.4. The standard InChI is InChI=1S/C13H23NO3/c1-9-3-5-11(6-4-9)7-8-14-12(15)10(2)13(16)17/h9-11H,3-8H2,1-2H3,(H,14,15)(H,16,17). The fourth-order valence-corrected chi connectivity index (χ4v) is 2.28. The summed E-state index contributed by atoms with van der Waals surface area (Å²) in [5, 5.41) is 11.4. The van der Waals surface area contributed by atoms with Crippen LogP contribution in [-0.2, 0) is 9.59 Å². The maximum Gasteiger partial charge on any atom is 0.315 e. The van der Waals surface area contributed by atoms with Gasteiger partial charge in [-0.05, 0) is 25.2 Å². The monoisotopic (exact) mass is 241 g/mol. The van der Waals surface area contributed by atoms with Crippen LogP contribution < -0.4 is 5.32 Å². The minimum atomic E-state index is -1.06. The summed E-state index contributed by atoms with van der Waals surface area (Å²) in [5.74, 6) is -0.837. The molecule has 1 amide bonds. The van der Waals surface area contributed by atoms with Gasteiger partial charge in [0.25, 0.3) is 0 Å². The first-order valence-electron chi connectivity index (χ1n) is 6.51. The van der Waals surface area contributed by atoms with Crippen LogP contribution in [0.25, 0.3) is 0 Å². The fraction of sp³-hybridized carbons (Fsp3) is 0.846. The molecule has 98 valence electrons. The Kier molecular flexibility index (Phi) is 5.45. The average molecular weight is 241 g/mol. The van der Waals surface area contributed by atoms with Crippen LogP contribution in [0.15, 0.2) is 0 Å². The zero-order chi connectivity index (χ0) is 12.8. The molecule has 0 aromatic carbocycles.